The first-order valence-electron chi connectivity index (χ1n) is 20.4. The van der Waals surface area contributed by atoms with Gasteiger partial charge >= 0.3 is 13.8 Å². The Balaban J connectivity index is 4.27. The molecule has 1 unspecified atom stereocenters. The number of likely N-dealkylation sites (N-methyl/N-ethyl adjacent to an activating group) is 1. The highest BCUT2D eigenvalue weighted by atomic mass is 31.2. The van der Waals surface area contributed by atoms with E-state index in [4.69, 9.17) is 18.5 Å². The number of ether oxygens (including phenoxy) is 2. The number of rotatable bonds is 38. The molecule has 0 aliphatic heterocycles. The van der Waals surface area contributed by atoms with E-state index in [9.17, 15) is 14.3 Å². The van der Waals surface area contributed by atoms with Gasteiger partial charge in [-0.05, 0) is 38.5 Å². The summed E-state index contributed by atoms with van der Waals surface area (Å²) in [6, 6.07) is 0. The highest BCUT2D eigenvalue weighted by Gasteiger charge is 2.26. The second kappa shape index (κ2) is 34.3. The minimum Gasteiger partial charge on any atom is -0.457 e. The van der Waals surface area contributed by atoms with Crippen LogP contribution in [0.4, 0.5) is 0 Å². The molecular formula is C40H81NO7P+. The van der Waals surface area contributed by atoms with Crippen molar-refractivity contribution in [3.05, 3.63) is 12.2 Å². The third-order valence-electron chi connectivity index (χ3n) is 8.83. The van der Waals surface area contributed by atoms with Crippen LogP contribution in [0, 0.1) is 0 Å². The first kappa shape index (κ1) is 48.2. The van der Waals surface area contributed by atoms with E-state index in [0.29, 0.717) is 24.1 Å². The number of carbonyl (C=O) groups is 1. The van der Waals surface area contributed by atoms with Crippen LogP contribution >= 0.6 is 7.82 Å². The molecule has 0 aliphatic carbocycles. The molecule has 0 saturated carbocycles. The predicted molar refractivity (Wildman–Crippen MR) is 206 cm³/mol. The lowest BCUT2D eigenvalue weighted by Gasteiger charge is -2.24. The number of hydrogen-bond donors (Lipinski definition) is 1. The number of unbranched alkanes of at least 4 members (excludes halogenated alkanes) is 22. The predicted octanol–water partition coefficient (Wildman–Crippen LogP) is 11.5. The average molecular weight is 719 g/mol. The quantitative estimate of drug-likeness (QED) is 0.0223. The zero-order chi connectivity index (χ0) is 36.3. The smallest absolute Gasteiger partial charge is 0.457 e. The Hall–Kier alpha value is -0.760. The molecule has 1 N–H and O–H groups in total. The van der Waals surface area contributed by atoms with Crippen LogP contribution in [0.2, 0.25) is 0 Å². The van der Waals surface area contributed by atoms with Gasteiger partial charge in [0.1, 0.15) is 19.3 Å². The Labute approximate surface area is 303 Å². The lowest BCUT2D eigenvalue weighted by Crippen LogP contribution is -2.37. The number of carbonyl (C=O) groups excluding carboxylic acids is 1. The Morgan fingerprint density at radius 3 is 1.55 bits per heavy atom. The van der Waals surface area contributed by atoms with E-state index in [1.807, 2.05) is 21.1 Å². The van der Waals surface area contributed by atoms with Crippen molar-refractivity contribution in [3.8, 4) is 0 Å². The topological polar surface area (TPSA) is 91.3 Å². The minimum atomic E-state index is -4.26. The van der Waals surface area contributed by atoms with Crippen LogP contribution in [-0.4, -0.2) is 75.6 Å². The van der Waals surface area contributed by atoms with Crippen LogP contribution in [0.5, 0.6) is 0 Å². The molecule has 0 bridgehead atoms. The number of nitrogens with zero attached hydrogens (tertiary/aromatic N) is 1. The number of phosphoric ester groups is 1. The fraction of sp³-hybridized carbons (Fsp3) is 0.925. The highest BCUT2D eigenvalue weighted by Crippen LogP contribution is 2.43. The van der Waals surface area contributed by atoms with Gasteiger partial charge in [0.05, 0.1) is 34.4 Å². The summed E-state index contributed by atoms with van der Waals surface area (Å²) in [4.78, 5) is 22.8. The standard InChI is InChI=1S/C40H80NO7P/c1-6-8-10-12-14-16-18-20-21-22-23-25-27-29-31-33-40(42)48-39(38-47-49(43,44)46-36-34-41(3,4)5)37-45-35-32-30-28-26-24-19-17-15-13-11-9-7-2/h20-21,39H,6-19,22-38H2,1-5H3/p+1/b21-20-/t39-/m1/s1. The highest BCUT2D eigenvalue weighted by molar-refractivity contribution is 7.47. The molecule has 0 amide bonds. The molecule has 0 aromatic carbocycles. The number of hydrogen-bond acceptors (Lipinski definition) is 6. The molecule has 292 valence electrons. The van der Waals surface area contributed by atoms with Crippen LogP contribution < -0.4 is 0 Å². The van der Waals surface area contributed by atoms with Crippen LogP contribution in [0.15, 0.2) is 12.2 Å². The summed E-state index contributed by atoms with van der Waals surface area (Å²) in [5.74, 6) is -0.320. The number of allylic oxidation sites excluding steroid dienone is 2. The molecule has 0 heterocycles. The molecular weight excluding hydrogens is 637 g/mol. The maximum absolute atomic E-state index is 12.6. The van der Waals surface area contributed by atoms with E-state index in [1.54, 1.807) is 0 Å². The van der Waals surface area contributed by atoms with E-state index in [0.717, 1.165) is 38.5 Å². The van der Waals surface area contributed by atoms with Gasteiger partial charge in [-0.25, -0.2) is 4.57 Å². The Morgan fingerprint density at radius 1 is 0.612 bits per heavy atom. The molecule has 0 saturated heterocycles. The van der Waals surface area contributed by atoms with Crippen molar-refractivity contribution in [3.63, 3.8) is 0 Å². The molecule has 0 radical (unpaired) electrons. The van der Waals surface area contributed by atoms with Gasteiger partial charge in [0.2, 0.25) is 0 Å². The minimum absolute atomic E-state index is 0.0900. The van der Waals surface area contributed by atoms with Gasteiger partial charge in [0, 0.05) is 13.0 Å². The van der Waals surface area contributed by atoms with Crippen LogP contribution in [0.1, 0.15) is 181 Å². The van der Waals surface area contributed by atoms with Crippen LogP contribution in [-0.2, 0) is 27.9 Å². The summed E-state index contributed by atoms with van der Waals surface area (Å²) < 4.78 is 34.9. The maximum Gasteiger partial charge on any atom is 0.472 e. The van der Waals surface area contributed by atoms with Crippen LogP contribution in [0.3, 0.4) is 0 Å². The van der Waals surface area contributed by atoms with Gasteiger partial charge in [0.25, 0.3) is 0 Å². The van der Waals surface area contributed by atoms with E-state index in [2.05, 4.69) is 26.0 Å². The maximum atomic E-state index is 12.6. The third-order valence-corrected chi connectivity index (χ3v) is 9.81. The summed E-state index contributed by atoms with van der Waals surface area (Å²) in [5.41, 5.74) is 0. The summed E-state index contributed by atoms with van der Waals surface area (Å²) in [7, 11) is 1.67. The number of esters is 1. The van der Waals surface area contributed by atoms with Crippen molar-refractivity contribution < 1.29 is 37.3 Å². The monoisotopic (exact) mass is 719 g/mol. The largest absolute Gasteiger partial charge is 0.472 e. The Kier molecular flexibility index (Phi) is 33.8. The second-order valence-electron chi connectivity index (χ2n) is 15.0. The summed E-state index contributed by atoms with van der Waals surface area (Å²) >= 11 is 0. The fourth-order valence-electron chi connectivity index (χ4n) is 5.61. The van der Waals surface area contributed by atoms with Gasteiger partial charge in [-0.15, -0.1) is 0 Å². The lowest BCUT2D eigenvalue weighted by atomic mass is 10.1. The molecule has 0 aliphatic rings. The zero-order valence-corrected chi connectivity index (χ0v) is 33.8. The molecule has 0 rings (SSSR count). The van der Waals surface area contributed by atoms with E-state index >= 15 is 0 Å². The van der Waals surface area contributed by atoms with Gasteiger partial charge in [-0.3, -0.25) is 13.8 Å². The molecule has 0 aromatic heterocycles. The fourth-order valence-corrected chi connectivity index (χ4v) is 6.35. The van der Waals surface area contributed by atoms with Gasteiger partial charge in [-0.2, -0.15) is 0 Å². The van der Waals surface area contributed by atoms with Crippen LogP contribution in [0.25, 0.3) is 0 Å². The van der Waals surface area contributed by atoms with Crippen molar-refractivity contribution in [2.24, 2.45) is 0 Å². The van der Waals surface area contributed by atoms with Gasteiger partial charge in [-0.1, -0.05) is 148 Å². The van der Waals surface area contributed by atoms with Crippen molar-refractivity contribution in [1.82, 2.24) is 0 Å². The second-order valence-corrected chi connectivity index (χ2v) is 16.5. The van der Waals surface area contributed by atoms with Crippen molar-refractivity contribution in [2.45, 2.75) is 187 Å². The third kappa shape index (κ3) is 38.3. The van der Waals surface area contributed by atoms with Gasteiger partial charge < -0.3 is 18.9 Å². The molecule has 9 heteroatoms. The summed E-state index contributed by atoms with van der Waals surface area (Å²) in [5, 5.41) is 0. The SMILES string of the molecule is CCCCCCCC/C=C\CCCCCCCC(=O)O[C@H](COCCCCCCCCCCCCCC)COP(=O)(O)OCC[N+](C)(C)C. The first-order chi connectivity index (χ1) is 23.6. The summed E-state index contributed by atoms with van der Waals surface area (Å²) in [6.45, 7) is 5.63. The number of phosphoric acid groups is 1. The van der Waals surface area contributed by atoms with E-state index in [-0.39, 0.29) is 25.8 Å². The van der Waals surface area contributed by atoms with E-state index < -0.39 is 13.9 Å². The molecule has 8 nitrogen and oxygen atoms in total. The Morgan fingerprint density at radius 2 is 1.06 bits per heavy atom. The zero-order valence-electron chi connectivity index (χ0n) is 32.9. The van der Waals surface area contributed by atoms with Crippen molar-refractivity contribution in [2.75, 3.05) is 54.1 Å². The van der Waals surface area contributed by atoms with Crippen molar-refractivity contribution in [1.29, 1.82) is 0 Å². The number of quaternary nitrogens is 1. The van der Waals surface area contributed by atoms with Gasteiger partial charge in [0.15, 0.2) is 0 Å². The summed E-state index contributed by atoms with van der Waals surface area (Å²) in [6.07, 6.45) is 35.2. The first-order valence-corrected chi connectivity index (χ1v) is 21.9. The molecule has 2 atom stereocenters. The molecule has 0 aromatic rings. The molecule has 0 spiro atoms. The Bertz CT molecular complexity index is 802. The van der Waals surface area contributed by atoms with Crippen molar-refractivity contribution >= 4 is 13.8 Å². The molecule has 49 heavy (non-hydrogen) atoms. The normalized spacial score (nSPS) is 14.0. The van der Waals surface area contributed by atoms with E-state index in [1.165, 1.54) is 122 Å². The molecule has 0 fully saturated rings. The average Bonchev–Trinajstić information content (AvgIpc) is 3.04. The lowest BCUT2D eigenvalue weighted by molar-refractivity contribution is -0.870.